The van der Waals surface area contributed by atoms with Gasteiger partial charge in [-0.2, -0.15) is 0 Å². The Morgan fingerprint density at radius 3 is 2.71 bits per heavy atom. The van der Waals surface area contributed by atoms with Gasteiger partial charge in [0, 0.05) is 24.4 Å². The molecule has 1 heterocycles. The number of nitrogens with one attached hydrogen (secondary N) is 2. The SMILES string of the molecule is CS(=O)(=O)CCNC(=O)c1ccc2c(c1)[nH]c(=O)n2C1CCCC1. The average molecular weight is 351 g/mol. The van der Waals surface area contributed by atoms with Crippen LogP contribution in [0.5, 0.6) is 0 Å². The Hall–Kier alpha value is -2.09. The van der Waals surface area contributed by atoms with Crippen molar-refractivity contribution in [3.05, 3.63) is 34.2 Å². The van der Waals surface area contributed by atoms with Gasteiger partial charge in [-0.3, -0.25) is 9.36 Å². The van der Waals surface area contributed by atoms with Crippen molar-refractivity contribution in [3.8, 4) is 0 Å². The summed E-state index contributed by atoms with van der Waals surface area (Å²) >= 11 is 0. The van der Waals surface area contributed by atoms with Gasteiger partial charge in [0.15, 0.2) is 0 Å². The molecule has 8 heteroatoms. The quantitative estimate of drug-likeness (QED) is 0.845. The summed E-state index contributed by atoms with van der Waals surface area (Å²) < 4.78 is 24.0. The zero-order chi connectivity index (χ0) is 17.3. The highest BCUT2D eigenvalue weighted by molar-refractivity contribution is 7.90. The maximum Gasteiger partial charge on any atom is 0.326 e. The lowest BCUT2D eigenvalue weighted by atomic mass is 10.1. The van der Waals surface area contributed by atoms with Crippen molar-refractivity contribution in [2.75, 3.05) is 18.6 Å². The number of sulfone groups is 1. The van der Waals surface area contributed by atoms with Crippen LogP contribution < -0.4 is 11.0 Å². The molecule has 24 heavy (non-hydrogen) atoms. The van der Waals surface area contributed by atoms with Gasteiger partial charge in [-0.05, 0) is 31.0 Å². The Morgan fingerprint density at radius 2 is 2.04 bits per heavy atom. The highest BCUT2D eigenvalue weighted by Crippen LogP contribution is 2.30. The van der Waals surface area contributed by atoms with Gasteiger partial charge in [0.2, 0.25) is 0 Å². The van der Waals surface area contributed by atoms with Crippen molar-refractivity contribution in [1.29, 1.82) is 0 Å². The standard InChI is InChI=1S/C16H21N3O4S/c1-24(22,23)9-8-17-15(20)11-6-7-14-13(10-11)18-16(21)19(14)12-4-2-3-5-12/h6-7,10,12H,2-5,8-9H2,1H3,(H,17,20)(H,18,21). The molecule has 0 aliphatic heterocycles. The van der Waals surface area contributed by atoms with Gasteiger partial charge in [-0.1, -0.05) is 12.8 Å². The number of fused-ring (bicyclic) bond motifs is 1. The van der Waals surface area contributed by atoms with E-state index in [0.29, 0.717) is 11.1 Å². The second kappa shape index (κ2) is 6.43. The molecule has 0 saturated heterocycles. The highest BCUT2D eigenvalue weighted by Gasteiger charge is 2.21. The monoisotopic (exact) mass is 351 g/mol. The summed E-state index contributed by atoms with van der Waals surface area (Å²) in [4.78, 5) is 27.2. The van der Waals surface area contributed by atoms with Crippen molar-refractivity contribution < 1.29 is 13.2 Å². The number of aromatic amines is 1. The first kappa shape index (κ1) is 16.8. The molecule has 3 rings (SSSR count). The lowest BCUT2D eigenvalue weighted by Crippen LogP contribution is -2.28. The largest absolute Gasteiger partial charge is 0.351 e. The number of nitrogens with zero attached hydrogens (tertiary/aromatic N) is 1. The van der Waals surface area contributed by atoms with E-state index >= 15 is 0 Å². The van der Waals surface area contributed by atoms with Crippen molar-refractivity contribution >= 4 is 26.8 Å². The van der Waals surface area contributed by atoms with Crippen LogP contribution >= 0.6 is 0 Å². The summed E-state index contributed by atoms with van der Waals surface area (Å²) in [5.74, 6) is -0.453. The van der Waals surface area contributed by atoms with Crippen molar-refractivity contribution in [2.24, 2.45) is 0 Å². The molecule has 1 saturated carbocycles. The first-order valence-electron chi connectivity index (χ1n) is 8.05. The Kier molecular flexibility index (Phi) is 4.49. The molecule has 1 amide bonds. The molecular formula is C16H21N3O4S. The second-order valence-electron chi connectivity index (χ2n) is 6.36. The first-order chi connectivity index (χ1) is 11.3. The van der Waals surface area contributed by atoms with E-state index in [0.717, 1.165) is 37.5 Å². The molecule has 1 fully saturated rings. The van der Waals surface area contributed by atoms with E-state index in [1.807, 2.05) is 0 Å². The fourth-order valence-electron chi connectivity index (χ4n) is 3.25. The normalized spacial score (nSPS) is 15.9. The Labute approximate surface area is 140 Å². The Morgan fingerprint density at radius 1 is 1.33 bits per heavy atom. The molecule has 0 bridgehead atoms. The van der Waals surface area contributed by atoms with Crippen LogP contribution in [-0.4, -0.2) is 42.4 Å². The molecule has 2 aromatic rings. The summed E-state index contributed by atoms with van der Waals surface area (Å²) in [6.07, 6.45) is 5.39. The van der Waals surface area contributed by atoms with E-state index in [4.69, 9.17) is 0 Å². The van der Waals surface area contributed by atoms with Crippen LogP contribution in [0.1, 0.15) is 42.1 Å². The van der Waals surface area contributed by atoms with Crippen LogP contribution in [0.4, 0.5) is 0 Å². The van der Waals surface area contributed by atoms with Crippen molar-refractivity contribution in [2.45, 2.75) is 31.7 Å². The third-order valence-electron chi connectivity index (χ3n) is 4.43. The summed E-state index contributed by atoms with van der Waals surface area (Å²) in [5.41, 5.74) is 1.68. The number of carbonyl (C=O) groups is 1. The van der Waals surface area contributed by atoms with Crippen LogP contribution in [0.15, 0.2) is 23.0 Å². The third kappa shape index (κ3) is 3.53. The van der Waals surface area contributed by atoms with Crippen molar-refractivity contribution in [1.82, 2.24) is 14.9 Å². The van der Waals surface area contributed by atoms with Crippen LogP contribution in [0.2, 0.25) is 0 Å². The molecule has 130 valence electrons. The van der Waals surface area contributed by atoms with Gasteiger partial charge in [-0.15, -0.1) is 0 Å². The zero-order valence-corrected chi connectivity index (χ0v) is 14.4. The fourth-order valence-corrected chi connectivity index (χ4v) is 3.72. The second-order valence-corrected chi connectivity index (χ2v) is 8.62. The summed E-state index contributed by atoms with van der Waals surface area (Å²) in [7, 11) is -3.11. The van der Waals surface area contributed by atoms with Gasteiger partial charge >= 0.3 is 5.69 Å². The van der Waals surface area contributed by atoms with Crippen molar-refractivity contribution in [3.63, 3.8) is 0 Å². The van der Waals surface area contributed by atoms with Gasteiger partial charge in [0.25, 0.3) is 5.91 Å². The van der Waals surface area contributed by atoms with Gasteiger partial charge in [-0.25, -0.2) is 13.2 Å². The zero-order valence-electron chi connectivity index (χ0n) is 13.5. The first-order valence-corrected chi connectivity index (χ1v) is 10.1. The number of amides is 1. The Bertz CT molecular complexity index is 920. The molecule has 0 unspecified atom stereocenters. The minimum Gasteiger partial charge on any atom is -0.351 e. The van der Waals surface area contributed by atoms with E-state index in [-0.39, 0.29) is 29.9 Å². The summed E-state index contributed by atoms with van der Waals surface area (Å²) in [6, 6.07) is 5.30. The molecule has 0 spiro atoms. The van der Waals surface area contributed by atoms with E-state index < -0.39 is 9.84 Å². The predicted molar refractivity (Wildman–Crippen MR) is 92.1 cm³/mol. The van der Waals surface area contributed by atoms with Gasteiger partial charge in [0.1, 0.15) is 9.84 Å². The predicted octanol–water partition coefficient (Wildman–Crippen LogP) is 1.22. The topological polar surface area (TPSA) is 101 Å². The number of aromatic nitrogens is 2. The van der Waals surface area contributed by atoms with Crippen LogP contribution in [-0.2, 0) is 9.84 Å². The molecule has 1 aliphatic carbocycles. The minimum absolute atomic E-state index is 0.0648. The maximum absolute atomic E-state index is 12.2. The number of H-pyrrole nitrogens is 1. The third-order valence-corrected chi connectivity index (χ3v) is 5.37. The lowest BCUT2D eigenvalue weighted by molar-refractivity contribution is 0.0956. The van der Waals surface area contributed by atoms with E-state index in [9.17, 15) is 18.0 Å². The molecule has 0 radical (unpaired) electrons. The number of carbonyl (C=O) groups excluding carboxylic acids is 1. The van der Waals surface area contributed by atoms with Crippen LogP contribution in [0.3, 0.4) is 0 Å². The molecule has 7 nitrogen and oxygen atoms in total. The molecule has 2 N–H and O–H groups in total. The number of hydrogen-bond acceptors (Lipinski definition) is 4. The van der Waals surface area contributed by atoms with Crippen LogP contribution in [0, 0.1) is 0 Å². The minimum atomic E-state index is -3.11. The molecule has 0 atom stereocenters. The molecule has 1 aliphatic rings. The number of imidazole rings is 1. The molecule has 1 aromatic carbocycles. The molecular weight excluding hydrogens is 330 g/mol. The average Bonchev–Trinajstić information content (AvgIpc) is 3.11. The molecule has 1 aromatic heterocycles. The van der Waals surface area contributed by atoms with E-state index in [1.165, 1.54) is 0 Å². The maximum atomic E-state index is 12.2. The van der Waals surface area contributed by atoms with E-state index in [1.54, 1.807) is 22.8 Å². The van der Waals surface area contributed by atoms with E-state index in [2.05, 4.69) is 10.3 Å². The highest BCUT2D eigenvalue weighted by atomic mass is 32.2. The van der Waals surface area contributed by atoms with Gasteiger partial charge in [0.05, 0.1) is 16.8 Å². The summed E-state index contributed by atoms with van der Waals surface area (Å²) in [5, 5.41) is 2.58. The summed E-state index contributed by atoms with van der Waals surface area (Å²) in [6.45, 7) is 0.0648. The Balaban J connectivity index is 1.81. The fraction of sp³-hybridized carbons (Fsp3) is 0.500. The lowest BCUT2D eigenvalue weighted by Gasteiger charge is -2.11. The smallest absolute Gasteiger partial charge is 0.326 e. The van der Waals surface area contributed by atoms with Crippen LogP contribution in [0.25, 0.3) is 11.0 Å². The number of hydrogen-bond donors (Lipinski definition) is 2. The van der Waals surface area contributed by atoms with Gasteiger partial charge < -0.3 is 10.3 Å². The number of benzene rings is 1. The number of rotatable bonds is 5.